The quantitative estimate of drug-likeness (QED) is 0.897. The molecule has 2 unspecified atom stereocenters. The fourth-order valence-corrected chi connectivity index (χ4v) is 4.69. The Balaban J connectivity index is 1.99. The first-order valence-corrected chi connectivity index (χ1v) is 10.5. The molecule has 118 valence electrons. The second kappa shape index (κ2) is 7.03. The Bertz CT molecular complexity index is 590. The third kappa shape index (κ3) is 4.63. The topological polar surface area (TPSA) is 77.2 Å². The number of sulfone groups is 1. The molecule has 0 spiro atoms. The van der Waals surface area contributed by atoms with Crippen molar-refractivity contribution in [2.45, 2.75) is 47.9 Å². The van der Waals surface area contributed by atoms with E-state index in [1.807, 2.05) is 0 Å². The highest BCUT2D eigenvalue weighted by molar-refractivity contribution is 7.90. The van der Waals surface area contributed by atoms with Crippen LogP contribution in [0.1, 0.15) is 32.1 Å². The molecule has 4 nitrogen and oxygen atoms in total. The Labute approximate surface area is 129 Å². The number of hydrogen-bond donors (Lipinski definition) is 1. The summed E-state index contributed by atoms with van der Waals surface area (Å²) in [6, 6.07) is 6.23. The summed E-state index contributed by atoms with van der Waals surface area (Å²) < 4.78 is 35.1. The van der Waals surface area contributed by atoms with Crippen LogP contribution in [0.4, 0.5) is 0 Å². The Kier molecular flexibility index (Phi) is 5.57. The van der Waals surface area contributed by atoms with Crippen LogP contribution < -0.4 is 5.73 Å². The molecule has 21 heavy (non-hydrogen) atoms. The minimum absolute atomic E-state index is 0.0410. The number of benzene rings is 1. The minimum Gasteiger partial charge on any atom is -0.327 e. The first-order chi connectivity index (χ1) is 9.88. The normalized spacial score (nSPS) is 20.1. The van der Waals surface area contributed by atoms with Gasteiger partial charge in [0.05, 0.1) is 15.7 Å². The second-order valence-corrected chi connectivity index (χ2v) is 9.33. The van der Waals surface area contributed by atoms with E-state index < -0.39 is 20.6 Å². The van der Waals surface area contributed by atoms with E-state index in [0.29, 0.717) is 16.6 Å². The van der Waals surface area contributed by atoms with Crippen LogP contribution in [-0.2, 0) is 20.6 Å². The molecule has 0 radical (unpaired) electrons. The van der Waals surface area contributed by atoms with E-state index in [9.17, 15) is 12.6 Å². The molecule has 1 aliphatic rings. The lowest BCUT2D eigenvalue weighted by molar-refractivity contribution is 0.318. The highest BCUT2D eigenvalue weighted by Gasteiger charge is 2.22. The molecule has 1 aromatic rings. The van der Waals surface area contributed by atoms with Crippen molar-refractivity contribution in [1.82, 2.24) is 0 Å². The largest absolute Gasteiger partial charge is 0.327 e. The molecule has 6 heteroatoms. The van der Waals surface area contributed by atoms with Crippen molar-refractivity contribution >= 4 is 20.6 Å². The van der Waals surface area contributed by atoms with Crippen molar-refractivity contribution in [3.63, 3.8) is 0 Å². The summed E-state index contributed by atoms with van der Waals surface area (Å²) in [6.45, 7) is 0. The maximum Gasteiger partial charge on any atom is 0.175 e. The van der Waals surface area contributed by atoms with E-state index >= 15 is 0 Å². The van der Waals surface area contributed by atoms with E-state index in [0.717, 1.165) is 19.1 Å². The van der Waals surface area contributed by atoms with Gasteiger partial charge in [0.2, 0.25) is 0 Å². The van der Waals surface area contributed by atoms with Crippen LogP contribution in [0.15, 0.2) is 34.1 Å². The summed E-state index contributed by atoms with van der Waals surface area (Å²) in [6.07, 6.45) is 7.14. The average molecular weight is 329 g/mol. The monoisotopic (exact) mass is 329 g/mol. The molecule has 1 saturated carbocycles. The number of rotatable bonds is 5. The first kappa shape index (κ1) is 16.6. The van der Waals surface area contributed by atoms with Gasteiger partial charge >= 0.3 is 0 Å². The third-order valence-corrected chi connectivity index (χ3v) is 6.73. The van der Waals surface area contributed by atoms with Gasteiger partial charge in [-0.1, -0.05) is 19.3 Å². The van der Waals surface area contributed by atoms with Gasteiger partial charge in [-0.15, -0.1) is 0 Å². The van der Waals surface area contributed by atoms with E-state index in [-0.39, 0.29) is 10.9 Å². The first-order valence-electron chi connectivity index (χ1n) is 7.32. The van der Waals surface area contributed by atoms with Crippen LogP contribution in [-0.4, -0.2) is 30.7 Å². The molecule has 0 bridgehead atoms. The Morgan fingerprint density at radius 2 is 1.76 bits per heavy atom. The lowest BCUT2D eigenvalue weighted by Crippen LogP contribution is -2.36. The summed E-state index contributed by atoms with van der Waals surface area (Å²) in [7, 11) is -4.38. The summed E-state index contributed by atoms with van der Waals surface area (Å²) in [4.78, 5) is 0.897. The predicted molar refractivity (Wildman–Crippen MR) is 85.4 cm³/mol. The van der Waals surface area contributed by atoms with E-state index in [1.165, 1.54) is 31.4 Å². The van der Waals surface area contributed by atoms with Crippen molar-refractivity contribution in [2.24, 2.45) is 11.7 Å². The maximum absolute atomic E-state index is 12.3. The summed E-state index contributed by atoms with van der Waals surface area (Å²) in [5, 5.41) is 0. The molecular weight excluding hydrogens is 306 g/mol. The fraction of sp³-hybridized carbons (Fsp3) is 0.600. The summed E-state index contributed by atoms with van der Waals surface area (Å²) in [5.41, 5.74) is 6.20. The maximum atomic E-state index is 12.3. The van der Waals surface area contributed by atoms with Gasteiger partial charge in [-0.25, -0.2) is 8.42 Å². The van der Waals surface area contributed by atoms with Crippen LogP contribution >= 0.6 is 0 Å². The van der Waals surface area contributed by atoms with E-state index in [2.05, 4.69) is 0 Å². The minimum atomic E-state index is -3.21. The van der Waals surface area contributed by atoms with Crippen LogP contribution in [0.3, 0.4) is 0 Å². The summed E-state index contributed by atoms with van der Waals surface area (Å²) in [5.74, 6) is 0.918. The van der Waals surface area contributed by atoms with Crippen LogP contribution in [0, 0.1) is 5.92 Å². The zero-order chi connectivity index (χ0) is 15.5. The molecule has 2 rings (SSSR count). The summed E-state index contributed by atoms with van der Waals surface area (Å²) >= 11 is 0. The van der Waals surface area contributed by atoms with Crippen LogP contribution in [0.25, 0.3) is 0 Å². The van der Waals surface area contributed by atoms with Crippen molar-refractivity contribution in [3.8, 4) is 0 Å². The third-order valence-electron chi connectivity index (χ3n) is 4.11. The van der Waals surface area contributed by atoms with Crippen LogP contribution in [0.2, 0.25) is 0 Å². The van der Waals surface area contributed by atoms with Crippen molar-refractivity contribution in [3.05, 3.63) is 24.3 Å². The van der Waals surface area contributed by atoms with E-state index in [1.54, 1.807) is 12.1 Å². The zero-order valence-electron chi connectivity index (χ0n) is 12.3. The SMILES string of the molecule is CS(=O)(=O)c1ccc(S(=O)CC(N)C2CCCCC2)cc1. The van der Waals surface area contributed by atoms with Crippen molar-refractivity contribution < 1.29 is 12.6 Å². The molecule has 0 saturated heterocycles. The average Bonchev–Trinajstić information content (AvgIpc) is 2.47. The standard InChI is InChI=1S/C15H23NO3S2/c1-21(18,19)14-9-7-13(8-10-14)20(17)11-15(16)12-5-3-2-4-6-12/h7-10,12,15H,2-6,11,16H2,1H3. The molecule has 1 aromatic carbocycles. The Morgan fingerprint density at radius 3 is 2.29 bits per heavy atom. The predicted octanol–water partition coefficient (Wildman–Crippen LogP) is 2.11. The van der Waals surface area contributed by atoms with Crippen LogP contribution in [0.5, 0.6) is 0 Å². The van der Waals surface area contributed by atoms with Gasteiger partial charge in [0.1, 0.15) is 0 Å². The molecule has 1 fully saturated rings. The molecule has 2 N–H and O–H groups in total. The van der Waals surface area contributed by atoms with Gasteiger partial charge in [0.25, 0.3) is 0 Å². The molecule has 0 heterocycles. The van der Waals surface area contributed by atoms with Gasteiger partial charge in [-0.05, 0) is 43.0 Å². The highest BCUT2D eigenvalue weighted by Crippen LogP contribution is 2.26. The lowest BCUT2D eigenvalue weighted by atomic mass is 9.85. The van der Waals surface area contributed by atoms with Gasteiger partial charge < -0.3 is 5.73 Å². The molecule has 2 atom stereocenters. The Hall–Kier alpha value is -0.720. The number of nitrogens with two attached hydrogens (primary N) is 1. The van der Waals surface area contributed by atoms with Crippen molar-refractivity contribution in [2.75, 3.05) is 12.0 Å². The Morgan fingerprint density at radius 1 is 1.19 bits per heavy atom. The van der Waals surface area contributed by atoms with Gasteiger partial charge in [-0.3, -0.25) is 4.21 Å². The molecule has 0 aromatic heterocycles. The van der Waals surface area contributed by atoms with Gasteiger partial charge in [0.15, 0.2) is 9.84 Å². The smallest absolute Gasteiger partial charge is 0.175 e. The molecule has 1 aliphatic carbocycles. The second-order valence-electron chi connectivity index (χ2n) is 5.82. The fourth-order valence-electron chi connectivity index (χ4n) is 2.81. The molecule has 0 amide bonds. The van der Waals surface area contributed by atoms with Crippen molar-refractivity contribution in [1.29, 1.82) is 0 Å². The van der Waals surface area contributed by atoms with Gasteiger partial charge in [-0.2, -0.15) is 0 Å². The number of hydrogen-bond acceptors (Lipinski definition) is 4. The lowest BCUT2D eigenvalue weighted by Gasteiger charge is -2.27. The van der Waals surface area contributed by atoms with E-state index in [4.69, 9.17) is 5.73 Å². The molecular formula is C15H23NO3S2. The highest BCUT2D eigenvalue weighted by atomic mass is 32.2. The van der Waals surface area contributed by atoms with Gasteiger partial charge in [0, 0.05) is 22.9 Å². The zero-order valence-corrected chi connectivity index (χ0v) is 14.0. The molecule has 0 aliphatic heterocycles.